The number of aromatic hydroxyl groups is 1. The van der Waals surface area contributed by atoms with Crippen molar-refractivity contribution in [1.29, 1.82) is 0 Å². The molecule has 1 aliphatic rings. The number of halogens is 2. The molecular weight excluding hydrogens is 336 g/mol. The van der Waals surface area contributed by atoms with Crippen molar-refractivity contribution in [1.82, 2.24) is 0 Å². The molecule has 8 heteroatoms. The van der Waals surface area contributed by atoms with E-state index in [9.17, 15) is 28.6 Å². The molecule has 0 saturated heterocycles. The second-order valence-corrected chi connectivity index (χ2v) is 5.65. The summed E-state index contributed by atoms with van der Waals surface area (Å²) in [4.78, 5) is 25.0. The summed E-state index contributed by atoms with van der Waals surface area (Å²) in [5.41, 5.74) is -1.85. The molecule has 1 heterocycles. The molecule has 2 aromatic rings. The van der Waals surface area contributed by atoms with E-state index < -0.39 is 47.8 Å². The fourth-order valence-electron chi connectivity index (χ4n) is 3.19. The summed E-state index contributed by atoms with van der Waals surface area (Å²) < 4.78 is 27.1. The van der Waals surface area contributed by atoms with Gasteiger partial charge in [-0.3, -0.25) is 14.5 Å². The van der Waals surface area contributed by atoms with Crippen LogP contribution in [0.5, 0.6) is 5.75 Å². The lowest BCUT2D eigenvalue weighted by Gasteiger charge is -2.27. The van der Waals surface area contributed by atoms with E-state index in [-0.39, 0.29) is 16.8 Å². The zero-order valence-electron chi connectivity index (χ0n) is 12.7. The fourth-order valence-corrected chi connectivity index (χ4v) is 3.19. The number of carboxylic acid groups (broad SMARTS) is 1. The first kappa shape index (κ1) is 16.8. The van der Waals surface area contributed by atoms with Gasteiger partial charge in [-0.25, -0.2) is 8.78 Å². The maximum absolute atomic E-state index is 13.7. The third-order valence-corrected chi connectivity index (χ3v) is 4.29. The van der Waals surface area contributed by atoms with Gasteiger partial charge in [-0.05, 0) is 17.7 Å². The normalized spacial score (nSPS) is 19.2. The predicted molar refractivity (Wildman–Crippen MR) is 82.3 cm³/mol. The van der Waals surface area contributed by atoms with E-state index >= 15 is 0 Å². The van der Waals surface area contributed by atoms with E-state index in [0.29, 0.717) is 12.1 Å². The Morgan fingerprint density at radius 3 is 2.40 bits per heavy atom. The maximum atomic E-state index is 13.7. The molecule has 0 bridgehead atoms. The average molecular weight is 349 g/mol. The minimum atomic E-state index is -1.93. The molecule has 1 aliphatic heterocycles. The van der Waals surface area contributed by atoms with Gasteiger partial charge in [-0.2, -0.15) is 0 Å². The predicted octanol–water partition coefficient (Wildman–Crippen LogP) is 1.38. The van der Waals surface area contributed by atoms with E-state index in [0.717, 1.165) is 4.90 Å². The van der Waals surface area contributed by atoms with Gasteiger partial charge in [0.1, 0.15) is 17.7 Å². The van der Waals surface area contributed by atoms with Crippen LogP contribution in [0.15, 0.2) is 36.4 Å². The van der Waals surface area contributed by atoms with Crippen LogP contribution in [0.2, 0.25) is 0 Å². The van der Waals surface area contributed by atoms with Crippen molar-refractivity contribution in [2.75, 3.05) is 18.1 Å². The molecule has 0 saturated carbocycles. The molecule has 3 N–H and O–H groups in total. The van der Waals surface area contributed by atoms with Gasteiger partial charge in [-0.15, -0.1) is 0 Å². The van der Waals surface area contributed by atoms with Gasteiger partial charge in [0.2, 0.25) is 5.91 Å². The lowest BCUT2D eigenvalue weighted by Crippen LogP contribution is -2.45. The quantitative estimate of drug-likeness (QED) is 0.775. The van der Waals surface area contributed by atoms with Crippen LogP contribution in [0.25, 0.3) is 0 Å². The molecule has 25 heavy (non-hydrogen) atoms. The Bertz CT molecular complexity index is 885. The number of para-hydroxylation sites is 1. The van der Waals surface area contributed by atoms with Crippen LogP contribution >= 0.6 is 0 Å². The Balaban J connectivity index is 2.30. The zero-order valence-corrected chi connectivity index (χ0v) is 12.7. The molecule has 0 aromatic heterocycles. The number of nitrogens with zero attached hydrogens (tertiary/aromatic N) is 1. The Morgan fingerprint density at radius 2 is 1.76 bits per heavy atom. The van der Waals surface area contributed by atoms with E-state index in [1.54, 1.807) is 12.1 Å². The number of benzene rings is 2. The van der Waals surface area contributed by atoms with Crippen LogP contribution in [-0.2, 0) is 15.0 Å². The largest absolute Gasteiger partial charge is 0.508 e. The molecule has 0 spiro atoms. The first-order valence-electron chi connectivity index (χ1n) is 7.25. The topological polar surface area (TPSA) is 98.1 Å². The summed E-state index contributed by atoms with van der Waals surface area (Å²) in [6, 6.07) is 7.21. The number of aliphatic carboxylic acids is 1. The monoisotopic (exact) mass is 349 g/mol. The van der Waals surface area contributed by atoms with Crippen LogP contribution in [0.3, 0.4) is 0 Å². The molecule has 1 unspecified atom stereocenters. The van der Waals surface area contributed by atoms with Crippen LogP contribution in [0.1, 0.15) is 11.1 Å². The van der Waals surface area contributed by atoms with Crippen LogP contribution in [-0.4, -0.2) is 40.3 Å². The molecule has 6 nitrogen and oxygen atoms in total. The van der Waals surface area contributed by atoms with Gasteiger partial charge in [-0.1, -0.05) is 18.2 Å². The highest BCUT2D eigenvalue weighted by Gasteiger charge is 2.53. The number of hydrogen-bond acceptors (Lipinski definition) is 4. The van der Waals surface area contributed by atoms with Crippen molar-refractivity contribution in [2.24, 2.45) is 0 Å². The van der Waals surface area contributed by atoms with E-state index in [1.165, 1.54) is 12.1 Å². The highest BCUT2D eigenvalue weighted by atomic mass is 19.2. The number of rotatable bonds is 4. The van der Waals surface area contributed by atoms with E-state index in [2.05, 4.69) is 0 Å². The number of aliphatic hydroxyl groups is 1. The number of amides is 1. The Morgan fingerprint density at radius 1 is 1.12 bits per heavy atom. The standard InChI is InChI=1S/C17H13F2NO5/c18-11-5-10(14(22)6-12(11)19)17(8-21)9-3-1-2-4-13(9)20(16(17)25)7-15(23)24/h1-6,21-22H,7-8H2,(H,23,24). The number of carbonyl (C=O) groups excluding carboxylic acids is 1. The second kappa shape index (κ2) is 5.82. The lowest BCUT2D eigenvalue weighted by molar-refractivity contribution is -0.137. The molecule has 0 fully saturated rings. The highest BCUT2D eigenvalue weighted by molar-refractivity contribution is 6.12. The number of aliphatic hydroxyl groups excluding tert-OH is 1. The van der Waals surface area contributed by atoms with Gasteiger partial charge < -0.3 is 15.3 Å². The van der Waals surface area contributed by atoms with Crippen LogP contribution < -0.4 is 4.90 Å². The van der Waals surface area contributed by atoms with Crippen molar-refractivity contribution < 1.29 is 33.7 Å². The number of phenolic OH excluding ortho intramolecular Hbond substituents is 1. The second-order valence-electron chi connectivity index (χ2n) is 5.65. The Labute approximate surface area is 140 Å². The van der Waals surface area contributed by atoms with Gasteiger partial charge in [0.05, 0.1) is 6.61 Å². The smallest absolute Gasteiger partial charge is 0.323 e. The van der Waals surface area contributed by atoms with Crippen LogP contribution in [0, 0.1) is 11.6 Å². The summed E-state index contributed by atoms with van der Waals surface area (Å²) >= 11 is 0. The number of phenols is 1. The molecular formula is C17H13F2NO5. The first-order valence-corrected chi connectivity index (χ1v) is 7.25. The first-order chi connectivity index (χ1) is 11.8. The van der Waals surface area contributed by atoms with Gasteiger partial charge in [0.25, 0.3) is 0 Å². The molecule has 2 aromatic carbocycles. The van der Waals surface area contributed by atoms with E-state index in [1.807, 2.05) is 0 Å². The lowest BCUT2D eigenvalue weighted by atomic mass is 9.75. The molecule has 1 amide bonds. The summed E-state index contributed by atoms with van der Waals surface area (Å²) in [5, 5.41) is 29.1. The third-order valence-electron chi connectivity index (χ3n) is 4.29. The number of anilines is 1. The number of hydrogen-bond donors (Lipinski definition) is 3. The zero-order chi connectivity index (χ0) is 18.4. The van der Waals surface area contributed by atoms with Gasteiger partial charge >= 0.3 is 5.97 Å². The number of carbonyl (C=O) groups is 2. The minimum absolute atomic E-state index is 0.199. The average Bonchev–Trinajstić information content (AvgIpc) is 2.80. The van der Waals surface area contributed by atoms with Crippen molar-refractivity contribution >= 4 is 17.6 Å². The van der Waals surface area contributed by atoms with Crippen molar-refractivity contribution in [3.05, 3.63) is 59.2 Å². The SMILES string of the molecule is O=C(O)CN1C(=O)C(CO)(c2cc(F)c(F)cc2O)c2ccccc21. The number of fused-ring (bicyclic) bond motifs is 1. The third kappa shape index (κ3) is 2.33. The number of carboxylic acids is 1. The van der Waals surface area contributed by atoms with E-state index in [4.69, 9.17) is 5.11 Å². The van der Waals surface area contributed by atoms with Gasteiger partial charge in [0.15, 0.2) is 11.6 Å². The van der Waals surface area contributed by atoms with Gasteiger partial charge in [0, 0.05) is 17.3 Å². The molecule has 0 radical (unpaired) electrons. The van der Waals surface area contributed by atoms with Crippen molar-refractivity contribution in [2.45, 2.75) is 5.41 Å². The fraction of sp³-hybridized carbons (Fsp3) is 0.176. The summed E-state index contributed by atoms with van der Waals surface area (Å²) in [5.74, 6) is -5.46. The van der Waals surface area contributed by atoms with Crippen LogP contribution in [0.4, 0.5) is 14.5 Å². The molecule has 1 atom stereocenters. The van der Waals surface area contributed by atoms with Crippen molar-refractivity contribution in [3.63, 3.8) is 0 Å². The molecule has 130 valence electrons. The van der Waals surface area contributed by atoms with Crippen molar-refractivity contribution in [3.8, 4) is 5.75 Å². The molecule has 0 aliphatic carbocycles. The molecule has 3 rings (SSSR count). The minimum Gasteiger partial charge on any atom is -0.508 e. The Hall–Kier alpha value is -3.00. The highest BCUT2D eigenvalue weighted by Crippen LogP contribution is 2.48. The Kier molecular flexibility index (Phi) is 3.92. The maximum Gasteiger partial charge on any atom is 0.323 e. The summed E-state index contributed by atoms with van der Waals surface area (Å²) in [7, 11) is 0. The summed E-state index contributed by atoms with van der Waals surface area (Å²) in [6.07, 6.45) is 0. The summed E-state index contributed by atoms with van der Waals surface area (Å²) in [6.45, 7) is -1.54.